The van der Waals surface area contributed by atoms with Crippen molar-refractivity contribution in [1.29, 1.82) is 0 Å². The van der Waals surface area contributed by atoms with E-state index in [9.17, 15) is 2.74 Å². The van der Waals surface area contributed by atoms with E-state index in [0.29, 0.717) is 28.6 Å². The number of rotatable bonds is 5. The average molecular weight is 951 g/mol. The Labute approximate surface area is 363 Å². The molecule has 4 aromatic carbocycles. The molecule has 1 aliphatic heterocycles. The molecule has 0 amide bonds. The van der Waals surface area contributed by atoms with Crippen LogP contribution in [0.3, 0.4) is 0 Å². The van der Waals surface area contributed by atoms with Crippen LogP contribution in [0.15, 0.2) is 103 Å². The zero-order valence-electron chi connectivity index (χ0n) is 39.5. The van der Waals surface area contributed by atoms with Crippen LogP contribution < -0.4 is 13.9 Å². The number of fused-ring (bicyclic) bond motifs is 4. The molecule has 0 N–H and O–H groups in total. The van der Waals surface area contributed by atoms with Crippen molar-refractivity contribution in [2.45, 2.75) is 105 Å². The van der Waals surface area contributed by atoms with Gasteiger partial charge in [0.05, 0.1) is 17.2 Å². The van der Waals surface area contributed by atoms with Crippen LogP contribution >= 0.6 is 0 Å². The summed E-state index contributed by atoms with van der Waals surface area (Å²) in [6.45, 7) is 25.9. The van der Waals surface area contributed by atoms with Crippen LogP contribution in [0.4, 0.5) is 22.7 Å². The van der Waals surface area contributed by atoms with Crippen LogP contribution in [0, 0.1) is 12.1 Å². The van der Waals surface area contributed by atoms with Crippen LogP contribution in [0.25, 0.3) is 27.6 Å². The van der Waals surface area contributed by atoms with Crippen molar-refractivity contribution in [3.8, 4) is 17.3 Å². The molecule has 0 bridgehead atoms. The molecule has 0 unspecified atom stereocenters. The Bertz CT molecular complexity index is 2990. The van der Waals surface area contributed by atoms with E-state index in [2.05, 4.69) is 141 Å². The summed E-state index contributed by atoms with van der Waals surface area (Å²) in [5.41, 5.74) is 6.81. The van der Waals surface area contributed by atoms with E-state index in [4.69, 9.17) is 12.5 Å². The number of benzene rings is 4. The van der Waals surface area contributed by atoms with Gasteiger partial charge in [-0.2, -0.15) is 6.07 Å². The summed E-state index contributed by atoms with van der Waals surface area (Å²) in [5, 5.41) is 2.01. The smallest absolute Gasteiger partial charge is 0.509 e. The van der Waals surface area contributed by atoms with E-state index in [-0.39, 0.29) is 66.9 Å². The predicted molar refractivity (Wildman–Crippen MR) is 236 cm³/mol. The van der Waals surface area contributed by atoms with Crippen molar-refractivity contribution < 1.29 is 31.3 Å². The Morgan fingerprint density at radius 2 is 1.33 bits per heavy atom. The number of hydrogen-bond donors (Lipinski definition) is 0. The van der Waals surface area contributed by atoms with Crippen LogP contribution in [0.1, 0.15) is 111 Å². The van der Waals surface area contributed by atoms with E-state index in [1.54, 1.807) is 10.8 Å². The second kappa shape index (κ2) is 14.6. The fourth-order valence-corrected chi connectivity index (χ4v) is 7.48. The summed E-state index contributed by atoms with van der Waals surface area (Å²) < 4.78 is 48.6. The summed E-state index contributed by atoms with van der Waals surface area (Å²) in [4.78, 5) is 9.28. The van der Waals surface area contributed by atoms with Gasteiger partial charge in [-0.25, -0.2) is 4.98 Å². The molecule has 3 aromatic heterocycles. The molecule has 0 saturated carbocycles. The first kappa shape index (κ1) is 36.0. The quantitative estimate of drug-likeness (QED) is 0.128. The van der Waals surface area contributed by atoms with Gasteiger partial charge < -0.3 is 9.30 Å². The van der Waals surface area contributed by atoms with Crippen LogP contribution in [0.5, 0.6) is 11.5 Å². The molecule has 1 aliphatic rings. The van der Waals surface area contributed by atoms with E-state index >= 15 is 0 Å². The molecule has 4 heterocycles. The van der Waals surface area contributed by atoms with E-state index in [1.165, 1.54) is 0 Å². The molecule has 7 aromatic rings. The van der Waals surface area contributed by atoms with Crippen LogP contribution in [-0.4, -0.2) is 20.5 Å². The minimum absolute atomic E-state index is 0. The van der Waals surface area contributed by atoms with E-state index < -0.39 is 0 Å². The van der Waals surface area contributed by atoms with Gasteiger partial charge in [0, 0.05) is 47.1 Å². The summed E-state index contributed by atoms with van der Waals surface area (Å²) in [6, 6.07) is 30.0. The number of pyridine rings is 2. The van der Waals surface area contributed by atoms with Crippen molar-refractivity contribution in [2.24, 2.45) is 0 Å². The number of hydrogen-bond acceptors (Lipinski definition) is 3. The van der Waals surface area contributed by atoms with Gasteiger partial charge in [0.25, 0.3) is 11.4 Å². The maximum absolute atomic E-state index is 9.31. The topological polar surface area (TPSA) is 46.0 Å². The van der Waals surface area contributed by atoms with Crippen molar-refractivity contribution >= 4 is 50.6 Å². The van der Waals surface area contributed by atoms with Gasteiger partial charge in [-0.05, 0) is 55.4 Å². The Balaban J connectivity index is 0.00000578. The second-order valence-corrected chi connectivity index (χ2v) is 19.1. The van der Waals surface area contributed by atoms with Crippen molar-refractivity contribution in [3.05, 3.63) is 138 Å². The maximum atomic E-state index is 9.31. The first-order valence-electron chi connectivity index (χ1n) is 21.6. The maximum Gasteiger partial charge on any atom is 2.00 e. The third-order valence-corrected chi connectivity index (χ3v) is 10.6. The summed E-state index contributed by atoms with van der Waals surface area (Å²) in [6.07, 6.45) is 5.49. The molecule has 0 atom stereocenters. The summed E-state index contributed by atoms with van der Waals surface area (Å²) in [5.74, 6) is 1.65. The van der Waals surface area contributed by atoms with Gasteiger partial charge in [-0.1, -0.05) is 136 Å². The molecular weight excluding hydrogens is 894 g/mol. The Kier molecular flexibility index (Phi) is 9.05. The zero-order chi connectivity index (χ0) is 44.1. The molecule has 0 radical (unpaired) electrons. The van der Waals surface area contributed by atoms with Crippen molar-refractivity contribution in [1.82, 2.24) is 23.7 Å². The standard InChI is InChI=1S/C51H53N5O.Pt/c1-48(2,3)33-22-25-53-46(28-33)56-44-30-36(20-21-38(44)39-23-24-52-31-45(39)56)57-37-27-34(49(4,5)6)26-35(29-37)54-32-55(43-19-14-13-18-42(43)54)47-40(50(7,8)9)16-15-17-41(47)51(10,11)12;/h13-28,31H,1-12H3;/q;+2/i13D,14D,18D,19D;. The number of para-hydroxylation sites is 3. The fraction of sp³-hybridized carbons (Fsp3) is 0.314. The summed E-state index contributed by atoms with van der Waals surface area (Å²) >= 11 is 0. The third kappa shape index (κ3) is 7.49. The summed E-state index contributed by atoms with van der Waals surface area (Å²) in [7, 11) is 0. The molecule has 0 aliphatic carbocycles. The SMILES string of the molecule is [2H]c1c([2H])c([2H])c2c(c1[2H])[N+](c1[c-]c(Oc3[c-]c4c(cc3)c3ccncc3n4-c3cc(C(C)(C)C)ccn3)cc(C(C)(C)C)c1)=C=[N+]2c1c(C(C)(C)C)cccc1C(C)(C)C.[Pt+2]. The largest absolute Gasteiger partial charge is 2.00 e. The van der Waals surface area contributed by atoms with Crippen LogP contribution in [0.2, 0.25) is 0 Å². The first-order chi connectivity index (χ1) is 28.4. The normalized spacial score (nSPS) is 14.3. The van der Waals surface area contributed by atoms with Gasteiger partial charge in [0.2, 0.25) is 5.69 Å². The molecular formula is C51H53N5OPt+2. The van der Waals surface area contributed by atoms with Gasteiger partial charge in [0.15, 0.2) is 0 Å². The zero-order valence-corrected chi connectivity index (χ0v) is 37.7. The first-order valence-corrected chi connectivity index (χ1v) is 19.6. The Morgan fingerprint density at radius 1 is 0.672 bits per heavy atom. The van der Waals surface area contributed by atoms with Gasteiger partial charge in [-0.15, -0.1) is 29.1 Å². The van der Waals surface area contributed by atoms with Gasteiger partial charge in [-0.3, -0.25) is 4.98 Å². The second-order valence-electron chi connectivity index (χ2n) is 19.1. The average Bonchev–Trinajstić information content (AvgIpc) is 3.74. The van der Waals surface area contributed by atoms with E-state index in [1.807, 2.05) is 47.3 Å². The third-order valence-electron chi connectivity index (χ3n) is 10.6. The number of ether oxygens (including phenoxy) is 1. The number of aromatic nitrogens is 3. The molecule has 296 valence electrons. The molecule has 8 rings (SSSR count). The molecule has 7 heteroatoms. The predicted octanol–water partition coefficient (Wildman–Crippen LogP) is 13.0. The molecule has 0 spiro atoms. The fourth-order valence-electron chi connectivity index (χ4n) is 7.48. The minimum Gasteiger partial charge on any atom is -0.509 e. The molecule has 0 saturated heterocycles. The molecule has 6 nitrogen and oxygen atoms in total. The van der Waals surface area contributed by atoms with Gasteiger partial charge in [0.1, 0.15) is 11.5 Å². The molecule has 58 heavy (non-hydrogen) atoms. The van der Waals surface area contributed by atoms with Gasteiger partial charge >= 0.3 is 27.1 Å². The van der Waals surface area contributed by atoms with Crippen LogP contribution in [-0.2, 0) is 42.7 Å². The van der Waals surface area contributed by atoms with Crippen molar-refractivity contribution in [2.75, 3.05) is 0 Å². The number of nitrogens with zero attached hydrogens (tertiary/aromatic N) is 5. The minimum atomic E-state index is -0.338. The Hall–Kier alpha value is -5.15. The Morgan fingerprint density at radius 3 is 1.97 bits per heavy atom. The monoisotopic (exact) mass is 950 g/mol. The van der Waals surface area contributed by atoms with E-state index in [0.717, 1.165) is 55.6 Å². The van der Waals surface area contributed by atoms with Crippen molar-refractivity contribution in [3.63, 3.8) is 0 Å². The molecule has 0 fully saturated rings.